The Bertz CT molecular complexity index is 501. The van der Waals surface area contributed by atoms with E-state index < -0.39 is 5.41 Å². The lowest BCUT2D eigenvalue weighted by atomic mass is 9.82. The molecule has 0 N–H and O–H groups in total. The SMILES string of the molecule is COc1ccc2c(c1)C(=O)C(C)(CCC#N)C2. The van der Waals surface area contributed by atoms with E-state index >= 15 is 0 Å². The molecule has 0 aromatic heterocycles. The highest BCUT2D eigenvalue weighted by atomic mass is 16.5. The number of carbonyl (C=O) groups excluding carboxylic acids is 1. The topological polar surface area (TPSA) is 50.1 Å². The third-order valence-electron chi connectivity index (χ3n) is 3.48. The minimum atomic E-state index is -0.412. The van der Waals surface area contributed by atoms with Gasteiger partial charge in [-0.1, -0.05) is 13.0 Å². The van der Waals surface area contributed by atoms with Gasteiger partial charge in [-0.05, 0) is 30.5 Å². The standard InChI is InChI=1S/C14H15NO2/c1-14(6-3-7-15)9-10-4-5-11(17-2)8-12(10)13(14)16/h4-5,8H,3,6,9H2,1-2H3. The Morgan fingerprint density at radius 3 is 2.94 bits per heavy atom. The summed E-state index contributed by atoms with van der Waals surface area (Å²) in [4.78, 5) is 12.3. The maximum Gasteiger partial charge on any atom is 0.169 e. The lowest BCUT2D eigenvalue weighted by Crippen LogP contribution is -2.23. The molecular weight excluding hydrogens is 214 g/mol. The molecule has 1 aliphatic carbocycles. The summed E-state index contributed by atoms with van der Waals surface area (Å²) in [6, 6.07) is 7.74. The molecular formula is C14H15NO2. The van der Waals surface area contributed by atoms with E-state index in [0.717, 1.165) is 17.5 Å². The number of ether oxygens (including phenoxy) is 1. The van der Waals surface area contributed by atoms with Crippen LogP contribution in [-0.4, -0.2) is 12.9 Å². The zero-order valence-corrected chi connectivity index (χ0v) is 10.1. The van der Waals surface area contributed by atoms with Crippen molar-refractivity contribution in [3.63, 3.8) is 0 Å². The Labute approximate surface area is 101 Å². The van der Waals surface area contributed by atoms with Gasteiger partial charge in [0, 0.05) is 17.4 Å². The Morgan fingerprint density at radius 2 is 2.29 bits per heavy atom. The molecule has 1 aromatic rings. The molecule has 1 aromatic carbocycles. The van der Waals surface area contributed by atoms with Gasteiger partial charge in [-0.3, -0.25) is 4.79 Å². The average molecular weight is 229 g/mol. The van der Waals surface area contributed by atoms with Gasteiger partial charge in [0.2, 0.25) is 0 Å². The van der Waals surface area contributed by atoms with E-state index in [1.165, 1.54) is 0 Å². The molecule has 0 bridgehead atoms. The summed E-state index contributed by atoms with van der Waals surface area (Å²) < 4.78 is 5.13. The maximum atomic E-state index is 12.3. The number of benzene rings is 1. The van der Waals surface area contributed by atoms with Gasteiger partial charge in [0.15, 0.2) is 5.78 Å². The number of rotatable bonds is 3. The van der Waals surface area contributed by atoms with Crippen LogP contribution < -0.4 is 4.74 Å². The van der Waals surface area contributed by atoms with Crippen LogP contribution in [0.2, 0.25) is 0 Å². The van der Waals surface area contributed by atoms with Crippen LogP contribution in [0.3, 0.4) is 0 Å². The second kappa shape index (κ2) is 4.21. The van der Waals surface area contributed by atoms with E-state index in [9.17, 15) is 4.79 Å². The van der Waals surface area contributed by atoms with Crippen LogP contribution >= 0.6 is 0 Å². The van der Waals surface area contributed by atoms with E-state index in [1.54, 1.807) is 13.2 Å². The van der Waals surface area contributed by atoms with Crippen molar-refractivity contribution in [3.8, 4) is 11.8 Å². The normalized spacial score (nSPS) is 22.1. The zero-order valence-electron chi connectivity index (χ0n) is 10.1. The van der Waals surface area contributed by atoms with Gasteiger partial charge in [-0.15, -0.1) is 0 Å². The van der Waals surface area contributed by atoms with E-state index in [0.29, 0.717) is 18.6 Å². The molecule has 17 heavy (non-hydrogen) atoms. The van der Waals surface area contributed by atoms with Crippen LogP contribution in [0.4, 0.5) is 0 Å². The molecule has 3 nitrogen and oxygen atoms in total. The van der Waals surface area contributed by atoms with Crippen molar-refractivity contribution in [1.29, 1.82) is 5.26 Å². The highest BCUT2D eigenvalue weighted by Crippen LogP contribution is 2.41. The van der Waals surface area contributed by atoms with Gasteiger partial charge in [-0.25, -0.2) is 0 Å². The van der Waals surface area contributed by atoms with Crippen LogP contribution in [0.1, 0.15) is 35.7 Å². The minimum absolute atomic E-state index is 0.140. The number of nitrogens with zero attached hydrogens (tertiary/aromatic N) is 1. The number of carbonyl (C=O) groups is 1. The summed E-state index contributed by atoms with van der Waals surface area (Å²) >= 11 is 0. The lowest BCUT2D eigenvalue weighted by molar-refractivity contribution is 0.0832. The van der Waals surface area contributed by atoms with E-state index in [1.807, 2.05) is 19.1 Å². The lowest BCUT2D eigenvalue weighted by Gasteiger charge is -2.19. The predicted molar refractivity (Wildman–Crippen MR) is 64.0 cm³/mol. The number of hydrogen-bond donors (Lipinski definition) is 0. The van der Waals surface area contributed by atoms with Gasteiger partial charge >= 0.3 is 0 Å². The first kappa shape index (κ1) is 11.7. The number of ketones is 1. The molecule has 0 saturated carbocycles. The monoisotopic (exact) mass is 229 g/mol. The van der Waals surface area contributed by atoms with Crippen molar-refractivity contribution in [2.45, 2.75) is 26.2 Å². The Hall–Kier alpha value is -1.82. The summed E-state index contributed by atoms with van der Waals surface area (Å²) in [7, 11) is 1.59. The molecule has 0 spiro atoms. The molecule has 0 saturated heterocycles. The summed E-state index contributed by atoms with van der Waals surface area (Å²) in [5.41, 5.74) is 1.41. The van der Waals surface area contributed by atoms with Gasteiger partial charge in [0.05, 0.1) is 13.2 Å². The summed E-state index contributed by atoms with van der Waals surface area (Å²) in [6.07, 6.45) is 1.78. The fraction of sp³-hybridized carbons (Fsp3) is 0.429. The van der Waals surface area contributed by atoms with Crippen molar-refractivity contribution in [2.24, 2.45) is 5.41 Å². The number of fused-ring (bicyclic) bond motifs is 1. The molecule has 88 valence electrons. The Kier molecular flexibility index (Phi) is 2.89. The van der Waals surface area contributed by atoms with Crippen LogP contribution in [0.15, 0.2) is 18.2 Å². The number of hydrogen-bond acceptors (Lipinski definition) is 3. The molecule has 1 aliphatic rings. The van der Waals surface area contributed by atoms with Crippen molar-refractivity contribution < 1.29 is 9.53 Å². The van der Waals surface area contributed by atoms with E-state index in [4.69, 9.17) is 10.00 Å². The number of Topliss-reactive ketones (excluding diaryl/α,β-unsaturated/α-hetero) is 1. The third-order valence-corrected chi connectivity index (χ3v) is 3.48. The predicted octanol–water partition coefficient (Wildman–Crippen LogP) is 2.74. The summed E-state index contributed by atoms with van der Waals surface area (Å²) in [6.45, 7) is 1.94. The van der Waals surface area contributed by atoms with Gasteiger partial charge in [-0.2, -0.15) is 5.26 Å². The van der Waals surface area contributed by atoms with Gasteiger partial charge in [0.1, 0.15) is 5.75 Å². The number of nitriles is 1. The molecule has 3 heteroatoms. The largest absolute Gasteiger partial charge is 0.497 e. The molecule has 0 fully saturated rings. The average Bonchev–Trinajstić information content (AvgIpc) is 2.59. The van der Waals surface area contributed by atoms with Crippen molar-refractivity contribution in [1.82, 2.24) is 0 Å². The smallest absolute Gasteiger partial charge is 0.169 e. The fourth-order valence-electron chi connectivity index (χ4n) is 2.41. The van der Waals surface area contributed by atoms with Crippen LogP contribution in [-0.2, 0) is 6.42 Å². The molecule has 1 atom stereocenters. The Morgan fingerprint density at radius 1 is 1.53 bits per heavy atom. The minimum Gasteiger partial charge on any atom is -0.497 e. The molecule has 0 aliphatic heterocycles. The zero-order chi connectivity index (χ0) is 12.5. The van der Waals surface area contributed by atoms with Gasteiger partial charge < -0.3 is 4.74 Å². The second-order valence-electron chi connectivity index (χ2n) is 4.75. The van der Waals surface area contributed by atoms with Crippen LogP contribution in [0, 0.1) is 16.7 Å². The maximum absolute atomic E-state index is 12.3. The van der Waals surface area contributed by atoms with Crippen molar-refractivity contribution in [3.05, 3.63) is 29.3 Å². The first-order chi connectivity index (χ1) is 8.10. The van der Waals surface area contributed by atoms with Crippen molar-refractivity contribution >= 4 is 5.78 Å². The van der Waals surface area contributed by atoms with Gasteiger partial charge in [0.25, 0.3) is 0 Å². The van der Waals surface area contributed by atoms with Crippen LogP contribution in [0.5, 0.6) is 5.75 Å². The molecule has 2 rings (SSSR count). The van der Waals surface area contributed by atoms with Crippen LogP contribution in [0.25, 0.3) is 0 Å². The highest BCUT2D eigenvalue weighted by molar-refractivity contribution is 6.05. The summed E-state index contributed by atoms with van der Waals surface area (Å²) in [5, 5.41) is 8.65. The first-order valence-corrected chi connectivity index (χ1v) is 5.69. The third kappa shape index (κ3) is 1.91. The number of methoxy groups -OCH3 is 1. The second-order valence-corrected chi connectivity index (χ2v) is 4.75. The Balaban J connectivity index is 2.32. The quantitative estimate of drug-likeness (QED) is 0.800. The molecule has 0 heterocycles. The van der Waals surface area contributed by atoms with E-state index in [-0.39, 0.29) is 5.78 Å². The molecule has 0 radical (unpaired) electrons. The highest BCUT2D eigenvalue weighted by Gasteiger charge is 2.41. The van der Waals surface area contributed by atoms with Crippen molar-refractivity contribution in [2.75, 3.05) is 7.11 Å². The summed E-state index contributed by atoms with van der Waals surface area (Å²) in [5.74, 6) is 0.850. The fourth-order valence-corrected chi connectivity index (χ4v) is 2.41. The molecule has 1 unspecified atom stereocenters. The van der Waals surface area contributed by atoms with E-state index in [2.05, 4.69) is 6.07 Å². The molecule has 0 amide bonds. The first-order valence-electron chi connectivity index (χ1n) is 5.69.